The van der Waals surface area contributed by atoms with Crippen LogP contribution in [0.2, 0.25) is 0 Å². The first-order chi connectivity index (χ1) is 6.83. The zero-order valence-electron chi connectivity index (χ0n) is 8.03. The fourth-order valence-electron chi connectivity index (χ4n) is 1.10. The summed E-state index contributed by atoms with van der Waals surface area (Å²) in [5.74, 6) is 0.0605. The Labute approximate surface area is 87.8 Å². The Kier molecular flexibility index (Phi) is 5.25. The number of amides is 1. The van der Waals surface area contributed by atoms with E-state index in [4.69, 9.17) is 5.11 Å². The summed E-state index contributed by atoms with van der Waals surface area (Å²) < 4.78 is 0. The molecule has 78 valence electrons. The van der Waals surface area contributed by atoms with Gasteiger partial charge in [-0.25, -0.2) is 0 Å². The molecule has 0 saturated carbocycles. The van der Waals surface area contributed by atoms with Crippen LogP contribution in [0.25, 0.3) is 0 Å². The largest absolute Gasteiger partial charge is 0.396 e. The number of hydrogen-bond acceptors (Lipinski definition) is 3. The summed E-state index contributed by atoms with van der Waals surface area (Å²) >= 11 is 1.59. The van der Waals surface area contributed by atoms with Crippen LogP contribution in [0.4, 0.5) is 0 Å². The number of thiophene rings is 1. The molecule has 0 fully saturated rings. The van der Waals surface area contributed by atoms with Crippen molar-refractivity contribution in [3.8, 4) is 0 Å². The van der Waals surface area contributed by atoms with Crippen molar-refractivity contribution in [1.82, 2.24) is 5.32 Å². The molecule has 14 heavy (non-hydrogen) atoms. The van der Waals surface area contributed by atoms with E-state index >= 15 is 0 Å². The third-order valence-electron chi connectivity index (χ3n) is 1.82. The molecule has 2 N–H and O–H groups in total. The minimum atomic E-state index is 0.0605. The maximum Gasteiger partial charge on any atom is 0.225 e. The number of carbonyl (C=O) groups is 1. The Bertz CT molecular complexity index is 259. The number of carbonyl (C=O) groups excluding carboxylic acids is 1. The molecule has 0 aromatic carbocycles. The predicted molar refractivity (Wildman–Crippen MR) is 57.4 cm³/mol. The summed E-state index contributed by atoms with van der Waals surface area (Å²) in [6.45, 7) is 0.853. The molecule has 0 atom stereocenters. The normalized spacial score (nSPS) is 10.1. The lowest BCUT2D eigenvalue weighted by molar-refractivity contribution is -0.120. The predicted octanol–water partition coefficient (Wildman–Crippen LogP) is 1.18. The summed E-state index contributed by atoms with van der Waals surface area (Å²) in [6.07, 6.45) is 2.06. The van der Waals surface area contributed by atoms with E-state index in [9.17, 15) is 4.79 Å². The van der Waals surface area contributed by atoms with E-state index in [1.165, 1.54) is 0 Å². The van der Waals surface area contributed by atoms with Gasteiger partial charge in [-0.2, -0.15) is 0 Å². The fraction of sp³-hybridized carbons (Fsp3) is 0.500. The first-order valence-corrected chi connectivity index (χ1v) is 5.61. The van der Waals surface area contributed by atoms with Gasteiger partial charge in [-0.05, 0) is 24.3 Å². The molecule has 0 bridgehead atoms. The Morgan fingerprint density at radius 1 is 1.50 bits per heavy atom. The van der Waals surface area contributed by atoms with Gasteiger partial charge in [0.15, 0.2) is 0 Å². The highest BCUT2D eigenvalue weighted by Crippen LogP contribution is 2.08. The van der Waals surface area contributed by atoms with E-state index in [0.717, 1.165) is 17.7 Å². The molecule has 4 heteroatoms. The lowest BCUT2D eigenvalue weighted by Crippen LogP contribution is -2.25. The number of rotatable bonds is 6. The van der Waals surface area contributed by atoms with Crippen LogP contribution in [0.5, 0.6) is 0 Å². The molecular formula is C10H15NO2S. The SMILES string of the molecule is O=C(Cc1cccs1)NCCCCO. The van der Waals surface area contributed by atoms with Gasteiger partial charge in [-0.3, -0.25) is 4.79 Å². The van der Waals surface area contributed by atoms with Crippen LogP contribution in [0, 0.1) is 0 Å². The molecule has 0 unspecified atom stereocenters. The highest BCUT2D eigenvalue weighted by atomic mass is 32.1. The maximum absolute atomic E-state index is 11.3. The van der Waals surface area contributed by atoms with E-state index in [-0.39, 0.29) is 12.5 Å². The Morgan fingerprint density at radius 2 is 2.36 bits per heavy atom. The Morgan fingerprint density at radius 3 is 3.00 bits per heavy atom. The molecule has 0 saturated heterocycles. The van der Waals surface area contributed by atoms with Crippen LogP contribution in [0.1, 0.15) is 17.7 Å². The minimum absolute atomic E-state index is 0.0605. The lowest BCUT2D eigenvalue weighted by atomic mass is 10.3. The van der Waals surface area contributed by atoms with Gasteiger partial charge in [-0.15, -0.1) is 11.3 Å². The topological polar surface area (TPSA) is 49.3 Å². The van der Waals surface area contributed by atoms with E-state index < -0.39 is 0 Å². The van der Waals surface area contributed by atoms with E-state index in [2.05, 4.69) is 5.32 Å². The minimum Gasteiger partial charge on any atom is -0.396 e. The van der Waals surface area contributed by atoms with Crippen molar-refractivity contribution in [1.29, 1.82) is 0 Å². The molecule has 0 spiro atoms. The fourth-order valence-corrected chi connectivity index (χ4v) is 1.80. The van der Waals surface area contributed by atoms with Gasteiger partial charge in [0.25, 0.3) is 0 Å². The summed E-state index contributed by atoms with van der Waals surface area (Å²) in [5.41, 5.74) is 0. The molecule has 1 heterocycles. The molecule has 1 amide bonds. The average molecular weight is 213 g/mol. The second-order valence-corrected chi connectivity index (χ2v) is 4.07. The third-order valence-corrected chi connectivity index (χ3v) is 2.70. The molecule has 1 aromatic heterocycles. The van der Waals surface area contributed by atoms with Crippen molar-refractivity contribution in [2.75, 3.05) is 13.2 Å². The third kappa shape index (κ3) is 4.39. The Balaban J connectivity index is 2.11. The summed E-state index contributed by atoms with van der Waals surface area (Å²) in [7, 11) is 0. The molecule has 0 aliphatic carbocycles. The lowest BCUT2D eigenvalue weighted by Gasteiger charge is -2.02. The second-order valence-electron chi connectivity index (χ2n) is 3.04. The van der Waals surface area contributed by atoms with Crippen LogP contribution in [0.15, 0.2) is 17.5 Å². The highest BCUT2D eigenvalue weighted by Gasteiger charge is 2.02. The number of unbranched alkanes of at least 4 members (excludes halogenated alkanes) is 1. The molecule has 0 aliphatic rings. The van der Waals surface area contributed by atoms with E-state index in [1.807, 2.05) is 17.5 Å². The summed E-state index contributed by atoms with van der Waals surface area (Å²) in [5, 5.41) is 13.3. The van der Waals surface area contributed by atoms with Gasteiger partial charge < -0.3 is 10.4 Å². The van der Waals surface area contributed by atoms with Crippen molar-refractivity contribution in [2.45, 2.75) is 19.3 Å². The molecule has 1 aromatic rings. The number of aliphatic hydroxyl groups excluding tert-OH is 1. The average Bonchev–Trinajstić information content (AvgIpc) is 2.65. The van der Waals surface area contributed by atoms with Crippen molar-refractivity contribution < 1.29 is 9.90 Å². The smallest absolute Gasteiger partial charge is 0.225 e. The standard InChI is InChI=1S/C10H15NO2S/c12-6-2-1-5-11-10(13)8-9-4-3-7-14-9/h3-4,7,12H,1-2,5-6,8H2,(H,11,13). The quantitative estimate of drug-likeness (QED) is 0.697. The monoisotopic (exact) mass is 213 g/mol. The number of hydrogen-bond donors (Lipinski definition) is 2. The Hall–Kier alpha value is -0.870. The van der Waals surface area contributed by atoms with Gasteiger partial charge in [0.2, 0.25) is 5.91 Å². The van der Waals surface area contributed by atoms with E-state index in [1.54, 1.807) is 11.3 Å². The van der Waals surface area contributed by atoms with Crippen molar-refractivity contribution in [3.63, 3.8) is 0 Å². The van der Waals surface area contributed by atoms with Gasteiger partial charge in [-0.1, -0.05) is 6.07 Å². The molecule has 3 nitrogen and oxygen atoms in total. The first kappa shape index (κ1) is 11.2. The van der Waals surface area contributed by atoms with Gasteiger partial charge in [0, 0.05) is 18.0 Å². The highest BCUT2D eigenvalue weighted by molar-refractivity contribution is 7.10. The maximum atomic E-state index is 11.3. The van der Waals surface area contributed by atoms with Crippen LogP contribution in [-0.2, 0) is 11.2 Å². The van der Waals surface area contributed by atoms with Crippen molar-refractivity contribution in [2.24, 2.45) is 0 Å². The zero-order valence-corrected chi connectivity index (χ0v) is 8.85. The van der Waals surface area contributed by atoms with Crippen LogP contribution >= 0.6 is 11.3 Å². The summed E-state index contributed by atoms with van der Waals surface area (Å²) in [6, 6.07) is 3.90. The van der Waals surface area contributed by atoms with Crippen LogP contribution in [0.3, 0.4) is 0 Å². The van der Waals surface area contributed by atoms with Crippen LogP contribution in [-0.4, -0.2) is 24.2 Å². The summed E-state index contributed by atoms with van der Waals surface area (Å²) in [4.78, 5) is 12.4. The first-order valence-electron chi connectivity index (χ1n) is 4.73. The van der Waals surface area contributed by atoms with Gasteiger partial charge in [0.1, 0.15) is 0 Å². The molecule has 0 aliphatic heterocycles. The van der Waals surface area contributed by atoms with Crippen molar-refractivity contribution in [3.05, 3.63) is 22.4 Å². The molecular weight excluding hydrogens is 198 g/mol. The number of nitrogens with one attached hydrogen (secondary N) is 1. The molecule has 1 rings (SSSR count). The number of aliphatic hydroxyl groups is 1. The van der Waals surface area contributed by atoms with E-state index in [0.29, 0.717) is 13.0 Å². The van der Waals surface area contributed by atoms with Crippen molar-refractivity contribution >= 4 is 17.2 Å². The second kappa shape index (κ2) is 6.56. The molecule has 0 radical (unpaired) electrons. The van der Waals surface area contributed by atoms with Gasteiger partial charge >= 0.3 is 0 Å². The zero-order chi connectivity index (χ0) is 10.2. The van der Waals surface area contributed by atoms with Crippen LogP contribution < -0.4 is 5.32 Å². The van der Waals surface area contributed by atoms with Gasteiger partial charge in [0.05, 0.1) is 6.42 Å².